The SMILES string of the molecule is CCCCCCCC/C=C\CCCCCCCC(=O)NCCCCCCCCCCO[C@@H]1O[C@H](COC(C)=O)[C@H](OC(C)=O)[C@H](OC(C)=O)[C@H]1OC(C)=O. The number of rotatable bonds is 32. The summed E-state index contributed by atoms with van der Waals surface area (Å²) in [4.78, 5) is 59.5. The van der Waals surface area contributed by atoms with Gasteiger partial charge in [-0.05, 0) is 44.9 Å². The van der Waals surface area contributed by atoms with E-state index in [0.29, 0.717) is 6.42 Å². The second-order valence-corrected chi connectivity index (χ2v) is 14.5. The van der Waals surface area contributed by atoms with Crippen LogP contribution in [0.3, 0.4) is 0 Å². The lowest BCUT2D eigenvalue weighted by atomic mass is 9.98. The lowest BCUT2D eigenvalue weighted by Crippen LogP contribution is -2.63. The third-order valence-corrected chi connectivity index (χ3v) is 9.29. The molecule has 1 aliphatic rings. The molecule has 312 valence electrons. The van der Waals surface area contributed by atoms with Gasteiger partial charge in [0, 0.05) is 47.3 Å². The monoisotopic (exact) mass is 768 g/mol. The number of carbonyl (C=O) groups excluding carboxylic acids is 5. The van der Waals surface area contributed by atoms with E-state index in [1.165, 1.54) is 98.3 Å². The number of carbonyl (C=O) groups is 5. The number of hydrogen-bond acceptors (Lipinski definition) is 11. The van der Waals surface area contributed by atoms with Crippen LogP contribution in [0.15, 0.2) is 12.2 Å². The molecule has 0 bridgehead atoms. The second-order valence-electron chi connectivity index (χ2n) is 14.5. The average Bonchev–Trinajstić information content (AvgIpc) is 3.11. The lowest BCUT2D eigenvalue weighted by Gasteiger charge is -2.44. The van der Waals surface area contributed by atoms with E-state index in [4.69, 9.17) is 28.4 Å². The van der Waals surface area contributed by atoms with Crippen LogP contribution in [0, 0.1) is 0 Å². The molecular weight excluding hydrogens is 694 g/mol. The number of amides is 1. The van der Waals surface area contributed by atoms with Crippen molar-refractivity contribution in [2.24, 2.45) is 0 Å². The topological polar surface area (TPSA) is 153 Å². The van der Waals surface area contributed by atoms with E-state index in [9.17, 15) is 24.0 Å². The summed E-state index contributed by atoms with van der Waals surface area (Å²) in [6.07, 6.45) is 23.8. The normalized spacial score (nSPS) is 19.7. The largest absolute Gasteiger partial charge is 0.463 e. The highest BCUT2D eigenvalue weighted by molar-refractivity contribution is 5.75. The summed E-state index contributed by atoms with van der Waals surface area (Å²) >= 11 is 0. The van der Waals surface area contributed by atoms with Crippen molar-refractivity contribution in [1.29, 1.82) is 0 Å². The molecule has 1 fully saturated rings. The second kappa shape index (κ2) is 32.3. The fraction of sp³-hybridized carbons (Fsp3) is 0.833. The molecule has 5 atom stereocenters. The van der Waals surface area contributed by atoms with Crippen molar-refractivity contribution in [3.63, 3.8) is 0 Å². The van der Waals surface area contributed by atoms with Crippen LogP contribution in [0.1, 0.15) is 176 Å². The summed E-state index contributed by atoms with van der Waals surface area (Å²) in [6.45, 7) is 7.77. The molecule has 0 radical (unpaired) electrons. The van der Waals surface area contributed by atoms with Gasteiger partial charge in [-0.15, -0.1) is 0 Å². The molecule has 1 rings (SSSR count). The van der Waals surface area contributed by atoms with Crippen molar-refractivity contribution >= 4 is 29.8 Å². The van der Waals surface area contributed by atoms with Gasteiger partial charge in [-0.1, -0.05) is 109 Å². The van der Waals surface area contributed by atoms with Crippen molar-refractivity contribution in [1.82, 2.24) is 5.32 Å². The molecule has 0 unspecified atom stereocenters. The van der Waals surface area contributed by atoms with Crippen LogP contribution in [0.2, 0.25) is 0 Å². The van der Waals surface area contributed by atoms with Crippen LogP contribution in [0.4, 0.5) is 0 Å². The Kier molecular flexibility index (Phi) is 29.3. The first-order valence-corrected chi connectivity index (χ1v) is 20.9. The van der Waals surface area contributed by atoms with Gasteiger partial charge in [0.25, 0.3) is 0 Å². The smallest absolute Gasteiger partial charge is 0.303 e. The van der Waals surface area contributed by atoms with E-state index < -0.39 is 54.6 Å². The minimum Gasteiger partial charge on any atom is -0.463 e. The molecular formula is C42H73NO11. The van der Waals surface area contributed by atoms with Gasteiger partial charge in [0.15, 0.2) is 24.6 Å². The average molecular weight is 768 g/mol. The number of hydrogen-bond donors (Lipinski definition) is 1. The first kappa shape index (κ1) is 49.0. The molecule has 0 aromatic heterocycles. The predicted octanol–water partition coefficient (Wildman–Crippen LogP) is 8.36. The Morgan fingerprint density at radius 1 is 0.556 bits per heavy atom. The van der Waals surface area contributed by atoms with Gasteiger partial charge >= 0.3 is 23.9 Å². The molecule has 1 amide bonds. The molecule has 1 aliphatic heterocycles. The van der Waals surface area contributed by atoms with Crippen molar-refractivity contribution in [3.8, 4) is 0 Å². The van der Waals surface area contributed by atoms with Crippen LogP contribution in [-0.2, 0) is 52.4 Å². The van der Waals surface area contributed by atoms with E-state index in [1.54, 1.807) is 0 Å². The molecule has 0 aromatic rings. The standard InChI is InChI=1S/C42H73NO11/c1-6-7-8-9-10-11-12-13-14-15-16-17-20-23-26-29-38(48)43-30-27-24-21-18-19-22-25-28-31-49-42-41(53-36(5)47)40(52-35(4)46)39(51-34(3)45)37(54-42)32-50-33(2)44/h13-14,37,39-42H,6-12,15-32H2,1-5H3,(H,43,48)/b14-13-/t37-,39+,40+,41-,42-/m1/s1. The van der Waals surface area contributed by atoms with Crippen LogP contribution in [0.5, 0.6) is 0 Å². The van der Waals surface area contributed by atoms with Gasteiger partial charge in [-0.3, -0.25) is 24.0 Å². The molecule has 1 N–H and O–H groups in total. The van der Waals surface area contributed by atoms with Crippen LogP contribution >= 0.6 is 0 Å². The van der Waals surface area contributed by atoms with Crippen molar-refractivity contribution in [2.75, 3.05) is 19.8 Å². The summed E-state index contributed by atoms with van der Waals surface area (Å²) in [5, 5.41) is 3.07. The molecule has 0 saturated carbocycles. The summed E-state index contributed by atoms with van der Waals surface area (Å²) in [5.41, 5.74) is 0. The highest BCUT2D eigenvalue weighted by Gasteiger charge is 2.52. The van der Waals surface area contributed by atoms with Gasteiger partial charge < -0.3 is 33.7 Å². The van der Waals surface area contributed by atoms with Crippen LogP contribution < -0.4 is 5.32 Å². The van der Waals surface area contributed by atoms with Gasteiger partial charge in [-0.2, -0.15) is 0 Å². The van der Waals surface area contributed by atoms with Crippen molar-refractivity contribution in [2.45, 2.75) is 207 Å². The van der Waals surface area contributed by atoms with Crippen molar-refractivity contribution in [3.05, 3.63) is 12.2 Å². The van der Waals surface area contributed by atoms with Gasteiger partial charge in [0.2, 0.25) is 5.91 Å². The highest BCUT2D eigenvalue weighted by Crippen LogP contribution is 2.30. The van der Waals surface area contributed by atoms with Gasteiger partial charge in [0.1, 0.15) is 12.7 Å². The summed E-state index contributed by atoms with van der Waals surface area (Å²) in [5.74, 6) is -2.44. The Balaban J connectivity index is 2.17. The number of unbranched alkanes of at least 4 members (excludes halogenated alkanes) is 18. The number of esters is 4. The Labute approximate surface area is 325 Å². The number of nitrogens with one attached hydrogen (secondary N) is 1. The Bertz CT molecular complexity index is 1060. The summed E-state index contributed by atoms with van der Waals surface area (Å²) < 4.78 is 33.3. The Morgan fingerprint density at radius 2 is 1.04 bits per heavy atom. The van der Waals surface area contributed by atoms with Gasteiger partial charge in [-0.25, -0.2) is 0 Å². The van der Waals surface area contributed by atoms with Gasteiger partial charge in [0.05, 0.1) is 0 Å². The number of allylic oxidation sites excluding steroid dienone is 2. The highest BCUT2D eigenvalue weighted by atomic mass is 16.7. The zero-order valence-corrected chi connectivity index (χ0v) is 34.2. The van der Waals surface area contributed by atoms with E-state index in [0.717, 1.165) is 70.8 Å². The van der Waals surface area contributed by atoms with Crippen LogP contribution in [-0.4, -0.2) is 80.2 Å². The minimum atomic E-state index is -1.24. The molecule has 1 saturated heterocycles. The predicted molar refractivity (Wildman–Crippen MR) is 207 cm³/mol. The van der Waals surface area contributed by atoms with E-state index in [-0.39, 0.29) is 19.1 Å². The quantitative estimate of drug-likeness (QED) is 0.0304. The third kappa shape index (κ3) is 25.9. The number of ether oxygens (including phenoxy) is 6. The first-order chi connectivity index (χ1) is 26.0. The molecule has 0 spiro atoms. The molecule has 0 aromatic carbocycles. The molecule has 1 heterocycles. The fourth-order valence-corrected chi connectivity index (χ4v) is 6.48. The molecule has 0 aliphatic carbocycles. The lowest BCUT2D eigenvalue weighted by molar-refractivity contribution is -0.308. The minimum absolute atomic E-state index is 0.165. The Hall–Kier alpha value is -2.99. The van der Waals surface area contributed by atoms with E-state index in [2.05, 4.69) is 24.4 Å². The van der Waals surface area contributed by atoms with E-state index >= 15 is 0 Å². The maximum absolute atomic E-state index is 12.2. The molecule has 54 heavy (non-hydrogen) atoms. The zero-order valence-electron chi connectivity index (χ0n) is 34.2. The van der Waals surface area contributed by atoms with E-state index in [1.807, 2.05) is 0 Å². The Morgan fingerprint density at radius 3 is 1.59 bits per heavy atom. The maximum Gasteiger partial charge on any atom is 0.303 e. The fourth-order valence-electron chi connectivity index (χ4n) is 6.48. The maximum atomic E-state index is 12.2. The van der Waals surface area contributed by atoms with Crippen LogP contribution in [0.25, 0.3) is 0 Å². The summed E-state index contributed by atoms with van der Waals surface area (Å²) in [7, 11) is 0. The first-order valence-electron chi connectivity index (χ1n) is 20.9. The molecule has 12 nitrogen and oxygen atoms in total. The van der Waals surface area contributed by atoms with Crippen molar-refractivity contribution < 1.29 is 52.4 Å². The summed E-state index contributed by atoms with van der Waals surface area (Å²) in [6, 6.07) is 0. The zero-order chi connectivity index (χ0) is 39.8. The third-order valence-electron chi connectivity index (χ3n) is 9.29. The molecule has 12 heteroatoms.